The van der Waals surface area contributed by atoms with Crippen LogP contribution in [0, 0.1) is 0 Å². The van der Waals surface area contributed by atoms with E-state index in [0.29, 0.717) is 28.8 Å². The second-order valence-electron chi connectivity index (χ2n) is 6.84. The van der Waals surface area contributed by atoms with E-state index in [1.54, 1.807) is 6.26 Å². The predicted molar refractivity (Wildman–Crippen MR) is 109 cm³/mol. The van der Waals surface area contributed by atoms with E-state index in [2.05, 4.69) is 20.5 Å². The van der Waals surface area contributed by atoms with Crippen molar-refractivity contribution in [2.45, 2.75) is 17.0 Å². The van der Waals surface area contributed by atoms with Crippen LogP contribution in [-0.4, -0.2) is 41.7 Å². The molecule has 29 heavy (non-hydrogen) atoms. The fourth-order valence-electron chi connectivity index (χ4n) is 3.18. The van der Waals surface area contributed by atoms with Gasteiger partial charge in [-0.2, -0.15) is 5.10 Å². The molecule has 0 aliphatic rings. The predicted octanol–water partition coefficient (Wildman–Crippen LogP) is 2.05. The first-order valence-corrected chi connectivity index (χ1v) is 10.2. The lowest BCUT2D eigenvalue weighted by molar-refractivity contribution is -0.891. The molecule has 3 N–H and O–H groups in total. The van der Waals surface area contributed by atoms with E-state index in [1.807, 2.05) is 50.5 Å². The summed E-state index contributed by atoms with van der Waals surface area (Å²) in [6.07, 6.45) is 3.10. The Morgan fingerprint density at radius 2 is 2.14 bits per heavy atom. The second-order valence-corrected chi connectivity index (χ2v) is 7.80. The van der Waals surface area contributed by atoms with E-state index >= 15 is 0 Å². The van der Waals surface area contributed by atoms with Crippen molar-refractivity contribution in [3.05, 3.63) is 66.1 Å². The summed E-state index contributed by atoms with van der Waals surface area (Å²) in [5, 5.41) is 11.3. The van der Waals surface area contributed by atoms with Gasteiger partial charge in [0, 0.05) is 16.7 Å². The molecule has 0 fully saturated rings. The number of para-hydroxylation sites is 1. The summed E-state index contributed by atoms with van der Waals surface area (Å²) in [6.45, 7) is 0.431. The summed E-state index contributed by atoms with van der Waals surface area (Å²) < 4.78 is 11.4. The fourth-order valence-corrected chi connectivity index (χ4v) is 3.99. The van der Waals surface area contributed by atoms with Gasteiger partial charge in [0.2, 0.25) is 0 Å². The number of nitrogens with one attached hydrogen (secondary N) is 3. The summed E-state index contributed by atoms with van der Waals surface area (Å²) in [5.74, 6) is 1.45. The standard InChI is InChI=1S/C20H21N5O3S/c1-25(2)15(17-8-5-9-27-17)10-21-19(26)18-14(11-29-20-22-12-23-24-20)13-6-3-4-7-16(13)28-18/h3-9,12,15H,10-11H2,1-2H3,(H,21,26)(H,22,23,24)/p+1/t15-/m0/s1. The molecule has 1 atom stereocenters. The number of H-pyrrole nitrogens is 1. The minimum atomic E-state index is -0.243. The minimum Gasteiger partial charge on any atom is -0.463 e. The van der Waals surface area contributed by atoms with Gasteiger partial charge in [-0.05, 0) is 18.2 Å². The van der Waals surface area contributed by atoms with Gasteiger partial charge in [-0.3, -0.25) is 9.89 Å². The highest BCUT2D eigenvalue weighted by atomic mass is 32.2. The fraction of sp³-hybridized carbons (Fsp3) is 0.250. The normalized spacial score (nSPS) is 12.5. The van der Waals surface area contributed by atoms with Crippen molar-refractivity contribution < 1.29 is 18.5 Å². The van der Waals surface area contributed by atoms with Gasteiger partial charge >= 0.3 is 0 Å². The number of amides is 1. The molecule has 0 saturated carbocycles. The average Bonchev–Trinajstić information content (AvgIpc) is 3.47. The van der Waals surface area contributed by atoms with Gasteiger partial charge in [0.05, 0.1) is 26.9 Å². The van der Waals surface area contributed by atoms with E-state index in [9.17, 15) is 4.79 Å². The molecule has 4 rings (SSSR count). The molecule has 1 aromatic carbocycles. The number of benzene rings is 1. The highest BCUT2D eigenvalue weighted by molar-refractivity contribution is 7.98. The number of quaternary nitrogens is 1. The number of thioether (sulfide) groups is 1. The number of nitrogens with zero attached hydrogens (tertiary/aromatic N) is 2. The molecule has 3 aromatic heterocycles. The Morgan fingerprint density at radius 1 is 1.28 bits per heavy atom. The lowest BCUT2D eigenvalue weighted by Gasteiger charge is -2.19. The molecule has 8 nitrogen and oxygen atoms in total. The van der Waals surface area contributed by atoms with Crippen molar-refractivity contribution in [3.8, 4) is 0 Å². The number of aromatic nitrogens is 3. The van der Waals surface area contributed by atoms with E-state index in [4.69, 9.17) is 8.83 Å². The van der Waals surface area contributed by atoms with Crippen molar-refractivity contribution in [3.63, 3.8) is 0 Å². The van der Waals surface area contributed by atoms with Crippen molar-refractivity contribution in [2.24, 2.45) is 0 Å². The van der Waals surface area contributed by atoms with Gasteiger partial charge in [-0.25, -0.2) is 4.98 Å². The Hall–Kier alpha value is -3.04. The van der Waals surface area contributed by atoms with E-state index in [-0.39, 0.29) is 11.9 Å². The van der Waals surface area contributed by atoms with Gasteiger partial charge in [-0.1, -0.05) is 30.0 Å². The third-order valence-electron chi connectivity index (χ3n) is 4.70. The zero-order valence-electron chi connectivity index (χ0n) is 16.1. The molecule has 0 radical (unpaired) electrons. The van der Waals surface area contributed by atoms with Crippen molar-refractivity contribution in [2.75, 3.05) is 20.6 Å². The van der Waals surface area contributed by atoms with Gasteiger partial charge < -0.3 is 19.1 Å². The summed E-state index contributed by atoms with van der Waals surface area (Å²) in [7, 11) is 4.06. The number of furan rings is 2. The lowest BCUT2D eigenvalue weighted by atomic mass is 10.1. The molecule has 0 aliphatic carbocycles. The van der Waals surface area contributed by atoms with Crippen molar-refractivity contribution >= 4 is 28.6 Å². The molecule has 0 aliphatic heterocycles. The largest absolute Gasteiger partial charge is 0.463 e. The summed E-state index contributed by atoms with van der Waals surface area (Å²) in [6, 6.07) is 11.4. The number of likely N-dealkylation sites (N-methyl/N-ethyl adjacent to an activating group) is 1. The topological polar surface area (TPSA) is 101 Å². The van der Waals surface area contributed by atoms with Gasteiger partial charge in [-0.15, -0.1) is 0 Å². The summed E-state index contributed by atoms with van der Waals surface area (Å²) in [5.41, 5.74) is 1.53. The van der Waals surface area contributed by atoms with Crippen LogP contribution in [0.2, 0.25) is 0 Å². The molecule has 0 unspecified atom stereocenters. The quantitative estimate of drug-likeness (QED) is 0.383. The highest BCUT2D eigenvalue weighted by Crippen LogP contribution is 2.31. The van der Waals surface area contributed by atoms with Gasteiger partial charge in [0.25, 0.3) is 5.91 Å². The Labute approximate surface area is 171 Å². The zero-order chi connectivity index (χ0) is 20.2. The minimum absolute atomic E-state index is 0.00495. The lowest BCUT2D eigenvalue weighted by Crippen LogP contribution is -3.07. The molecule has 4 aromatic rings. The Bertz CT molecular complexity index is 1070. The van der Waals surface area contributed by atoms with Gasteiger partial charge in [0.1, 0.15) is 11.9 Å². The molecular weight excluding hydrogens is 390 g/mol. The average molecular weight is 412 g/mol. The van der Waals surface area contributed by atoms with E-state index in [1.165, 1.54) is 18.1 Å². The Kier molecular flexibility index (Phi) is 5.68. The van der Waals surface area contributed by atoms with Crippen molar-refractivity contribution in [1.82, 2.24) is 20.5 Å². The maximum Gasteiger partial charge on any atom is 0.287 e. The third kappa shape index (κ3) is 4.20. The molecule has 3 heterocycles. The van der Waals surface area contributed by atoms with E-state index in [0.717, 1.165) is 21.6 Å². The molecule has 150 valence electrons. The Morgan fingerprint density at radius 3 is 2.86 bits per heavy atom. The van der Waals surface area contributed by atoms with Crippen LogP contribution in [0.25, 0.3) is 11.0 Å². The first-order valence-electron chi connectivity index (χ1n) is 9.23. The first-order chi connectivity index (χ1) is 14.1. The zero-order valence-corrected chi connectivity index (χ0v) is 17.0. The Balaban J connectivity index is 1.55. The van der Waals surface area contributed by atoms with Crippen LogP contribution in [0.4, 0.5) is 0 Å². The highest BCUT2D eigenvalue weighted by Gasteiger charge is 2.25. The van der Waals surface area contributed by atoms with Crippen LogP contribution in [-0.2, 0) is 5.75 Å². The summed E-state index contributed by atoms with van der Waals surface area (Å²) >= 11 is 1.47. The number of carbonyl (C=O) groups is 1. The van der Waals surface area contributed by atoms with Crippen LogP contribution in [0.3, 0.4) is 0 Å². The SMILES string of the molecule is C[NH+](C)[C@@H](CNC(=O)c1oc2ccccc2c1CSc1ncn[nH]1)c1ccco1. The monoisotopic (exact) mass is 412 g/mol. The number of hydrogen-bond acceptors (Lipinski definition) is 6. The molecule has 0 bridgehead atoms. The maximum absolute atomic E-state index is 13.0. The van der Waals surface area contributed by atoms with Crippen LogP contribution < -0.4 is 10.2 Å². The maximum atomic E-state index is 13.0. The second kappa shape index (κ2) is 8.54. The van der Waals surface area contributed by atoms with Crippen molar-refractivity contribution in [1.29, 1.82) is 0 Å². The van der Waals surface area contributed by atoms with Crippen LogP contribution in [0.1, 0.15) is 27.9 Å². The molecular formula is C20H22N5O3S+. The molecule has 0 spiro atoms. The summed E-state index contributed by atoms with van der Waals surface area (Å²) in [4.78, 5) is 18.3. The van der Waals surface area contributed by atoms with E-state index < -0.39 is 0 Å². The number of rotatable bonds is 8. The molecule has 1 amide bonds. The third-order valence-corrected chi connectivity index (χ3v) is 5.60. The molecule has 9 heteroatoms. The smallest absolute Gasteiger partial charge is 0.287 e. The number of aromatic amines is 1. The van der Waals surface area contributed by atoms with Crippen LogP contribution >= 0.6 is 11.8 Å². The molecule has 0 saturated heterocycles. The first kappa shape index (κ1) is 19.3. The number of fused-ring (bicyclic) bond motifs is 1. The number of hydrogen-bond donors (Lipinski definition) is 3. The number of carbonyl (C=O) groups excluding carboxylic acids is 1. The van der Waals surface area contributed by atoms with Crippen LogP contribution in [0.15, 0.2) is 63.0 Å². The van der Waals surface area contributed by atoms with Crippen LogP contribution in [0.5, 0.6) is 0 Å². The van der Waals surface area contributed by atoms with Gasteiger partial charge in [0.15, 0.2) is 22.7 Å².